The molecule has 0 aliphatic carbocycles. The Kier molecular flexibility index (Phi) is 10.4. The third-order valence-electron chi connectivity index (χ3n) is 7.67. The second kappa shape index (κ2) is 14.8. The highest BCUT2D eigenvalue weighted by atomic mass is 32.2. The second-order valence-electron chi connectivity index (χ2n) is 10.6. The molecule has 234 valence electrons. The summed E-state index contributed by atoms with van der Waals surface area (Å²) in [5.41, 5.74) is 0.577. The maximum absolute atomic E-state index is 12.6. The lowest BCUT2D eigenvalue weighted by Gasteiger charge is -2.27. The normalized spacial score (nSPS) is 11.1. The molecule has 0 fully saturated rings. The van der Waals surface area contributed by atoms with Gasteiger partial charge in [0.25, 0.3) is 0 Å². The Bertz CT molecular complexity index is 1910. The minimum Gasteiger partial charge on any atom is -0.478 e. The predicted molar refractivity (Wildman–Crippen MR) is 188 cm³/mol. The highest BCUT2D eigenvalue weighted by Gasteiger charge is 2.45. The number of sulfone groups is 1. The fourth-order valence-electron chi connectivity index (χ4n) is 5.50. The van der Waals surface area contributed by atoms with Crippen molar-refractivity contribution in [2.45, 2.75) is 16.0 Å². The highest BCUT2D eigenvalue weighted by molar-refractivity contribution is 7.95. The zero-order chi connectivity index (χ0) is 33.3. The maximum atomic E-state index is 12.6. The minimum absolute atomic E-state index is 0.405. The van der Waals surface area contributed by atoms with Crippen molar-refractivity contribution in [3.8, 4) is 0 Å². The fourth-order valence-corrected chi connectivity index (χ4v) is 11.4. The standard InChI is InChI=1S/C25H22P.C14H10O6S/c1-5-13-22(14-6-1)21-26(23-15-7-2-8-16-23,24-17-9-3-10-18-24)25-19-11-4-12-20-25;15-13(16)9-5-1-3-7-11(9)21(19,20)12-8-4-2-6-10(12)14(17)18/h1-20H,21H2;1-8H,(H,15,16)(H,17,18)/q+1;. The van der Waals surface area contributed by atoms with Crippen LogP contribution in [0.2, 0.25) is 0 Å². The number of benzene rings is 6. The Morgan fingerprint density at radius 2 is 0.745 bits per heavy atom. The Morgan fingerprint density at radius 1 is 0.447 bits per heavy atom. The molecule has 6 aromatic carbocycles. The number of aromatic carboxylic acids is 2. The number of carboxylic acid groups (broad SMARTS) is 2. The first-order chi connectivity index (χ1) is 22.7. The van der Waals surface area contributed by atoms with Gasteiger partial charge in [-0.15, -0.1) is 0 Å². The van der Waals surface area contributed by atoms with Crippen LogP contribution < -0.4 is 15.9 Å². The first-order valence-corrected chi connectivity index (χ1v) is 18.2. The van der Waals surface area contributed by atoms with Gasteiger partial charge in [-0.25, -0.2) is 18.0 Å². The fraction of sp³-hybridized carbons (Fsp3) is 0.0256. The average molecular weight is 660 g/mol. The van der Waals surface area contributed by atoms with Crippen LogP contribution in [-0.4, -0.2) is 30.6 Å². The van der Waals surface area contributed by atoms with Crippen molar-refractivity contribution in [2.24, 2.45) is 0 Å². The molecular formula is C39H32O6PS+. The van der Waals surface area contributed by atoms with Crippen LogP contribution in [0, 0.1) is 0 Å². The van der Waals surface area contributed by atoms with E-state index in [1.54, 1.807) is 0 Å². The van der Waals surface area contributed by atoms with Gasteiger partial charge < -0.3 is 10.2 Å². The van der Waals surface area contributed by atoms with Crippen LogP contribution in [0.4, 0.5) is 0 Å². The molecule has 0 bridgehead atoms. The highest BCUT2D eigenvalue weighted by Crippen LogP contribution is 2.58. The zero-order valence-electron chi connectivity index (χ0n) is 25.3. The van der Waals surface area contributed by atoms with Gasteiger partial charge in [0.1, 0.15) is 23.2 Å². The summed E-state index contributed by atoms with van der Waals surface area (Å²) in [5, 5.41) is 22.4. The lowest BCUT2D eigenvalue weighted by Crippen LogP contribution is -2.32. The monoisotopic (exact) mass is 659 g/mol. The van der Waals surface area contributed by atoms with Crippen molar-refractivity contribution in [3.05, 3.63) is 187 Å². The SMILES string of the molecule is O=C(O)c1ccccc1S(=O)(=O)c1ccccc1C(=O)O.c1ccc(C[P+](c2ccccc2)(c2ccccc2)c2ccccc2)cc1. The Labute approximate surface area is 274 Å². The molecule has 0 saturated heterocycles. The van der Waals surface area contributed by atoms with Gasteiger partial charge in [-0.1, -0.05) is 109 Å². The number of hydrogen-bond donors (Lipinski definition) is 2. The van der Waals surface area contributed by atoms with E-state index in [9.17, 15) is 18.0 Å². The lowest BCUT2D eigenvalue weighted by atomic mass is 10.2. The van der Waals surface area contributed by atoms with Gasteiger partial charge in [-0.2, -0.15) is 0 Å². The number of carbonyl (C=O) groups is 2. The molecule has 6 rings (SSSR count). The quantitative estimate of drug-likeness (QED) is 0.160. The summed E-state index contributed by atoms with van der Waals surface area (Å²) < 4.78 is 25.1. The lowest BCUT2D eigenvalue weighted by molar-refractivity contribution is 0.0683. The molecule has 2 N–H and O–H groups in total. The van der Waals surface area contributed by atoms with E-state index in [2.05, 4.69) is 121 Å². The van der Waals surface area contributed by atoms with Gasteiger partial charge in [0.05, 0.1) is 27.1 Å². The van der Waals surface area contributed by atoms with Crippen molar-refractivity contribution in [1.82, 2.24) is 0 Å². The van der Waals surface area contributed by atoms with E-state index in [4.69, 9.17) is 10.2 Å². The molecule has 47 heavy (non-hydrogen) atoms. The average Bonchev–Trinajstić information content (AvgIpc) is 3.12. The van der Waals surface area contributed by atoms with E-state index >= 15 is 0 Å². The van der Waals surface area contributed by atoms with Gasteiger partial charge in [-0.05, 0) is 66.2 Å². The van der Waals surface area contributed by atoms with E-state index in [0.29, 0.717) is 0 Å². The molecule has 0 saturated carbocycles. The van der Waals surface area contributed by atoms with Crippen LogP contribution >= 0.6 is 7.26 Å². The molecule has 0 aliphatic rings. The third kappa shape index (κ3) is 7.23. The third-order valence-corrected chi connectivity index (χ3v) is 13.9. The van der Waals surface area contributed by atoms with E-state index in [1.807, 2.05) is 0 Å². The van der Waals surface area contributed by atoms with Crippen molar-refractivity contribution in [3.63, 3.8) is 0 Å². The molecule has 0 unspecified atom stereocenters. The Hall–Kier alpha value is -5.36. The van der Waals surface area contributed by atoms with Crippen LogP contribution in [0.5, 0.6) is 0 Å². The number of carboxylic acids is 2. The zero-order valence-corrected chi connectivity index (χ0v) is 27.0. The van der Waals surface area contributed by atoms with Crippen LogP contribution in [-0.2, 0) is 16.0 Å². The van der Waals surface area contributed by atoms with Crippen LogP contribution in [0.3, 0.4) is 0 Å². The van der Waals surface area contributed by atoms with Crippen LogP contribution in [0.25, 0.3) is 0 Å². The topological polar surface area (TPSA) is 109 Å². The first kappa shape index (κ1) is 33.0. The predicted octanol–water partition coefficient (Wildman–Crippen LogP) is 7.10. The second-order valence-corrected chi connectivity index (χ2v) is 15.9. The van der Waals surface area contributed by atoms with E-state index < -0.39 is 50.0 Å². The molecule has 0 spiro atoms. The van der Waals surface area contributed by atoms with Gasteiger partial charge >= 0.3 is 11.9 Å². The van der Waals surface area contributed by atoms with Gasteiger partial charge in [0, 0.05) is 0 Å². The summed E-state index contributed by atoms with van der Waals surface area (Å²) in [6.45, 7) is 0. The molecule has 0 aromatic heterocycles. The summed E-state index contributed by atoms with van der Waals surface area (Å²) in [6.07, 6.45) is 1.03. The molecule has 8 heteroatoms. The molecule has 0 amide bonds. The van der Waals surface area contributed by atoms with E-state index in [0.717, 1.165) is 30.4 Å². The summed E-state index contributed by atoms with van der Waals surface area (Å²) in [5.74, 6) is -2.80. The van der Waals surface area contributed by atoms with Crippen LogP contribution in [0.15, 0.2) is 180 Å². The molecule has 6 nitrogen and oxygen atoms in total. The van der Waals surface area contributed by atoms with Crippen molar-refractivity contribution in [2.75, 3.05) is 0 Å². The molecule has 0 aliphatic heterocycles. The van der Waals surface area contributed by atoms with Crippen molar-refractivity contribution >= 4 is 45.0 Å². The minimum atomic E-state index is -4.25. The molecular weight excluding hydrogens is 627 g/mol. The summed E-state index contributed by atoms with van der Waals surface area (Å²) in [6, 6.07) is 54.2. The summed E-state index contributed by atoms with van der Waals surface area (Å²) in [4.78, 5) is 21.4. The first-order valence-electron chi connectivity index (χ1n) is 14.7. The van der Waals surface area contributed by atoms with Crippen molar-refractivity contribution in [1.29, 1.82) is 0 Å². The van der Waals surface area contributed by atoms with Gasteiger partial charge in [0.2, 0.25) is 9.84 Å². The Morgan fingerprint density at radius 3 is 1.09 bits per heavy atom. The van der Waals surface area contributed by atoms with E-state index in [1.165, 1.54) is 45.7 Å². The van der Waals surface area contributed by atoms with Gasteiger partial charge in [0.15, 0.2) is 0 Å². The number of rotatable bonds is 9. The van der Waals surface area contributed by atoms with Gasteiger partial charge in [-0.3, -0.25) is 0 Å². The molecule has 6 aromatic rings. The van der Waals surface area contributed by atoms with E-state index in [-0.39, 0.29) is 0 Å². The van der Waals surface area contributed by atoms with Crippen LogP contribution in [0.1, 0.15) is 26.3 Å². The number of hydrogen-bond acceptors (Lipinski definition) is 4. The molecule has 0 atom stereocenters. The van der Waals surface area contributed by atoms with Crippen molar-refractivity contribution < 1.29 is 28.2 Å². The smallest absolute Gasteiger partial charge is 0.337 e. The summed E-state index contributed by atoms with van der Waals surface area (Å²) >= 11 is 0. The molecule has 0 heterocycles. The Balaban J connectivity index is 0.000000189. The summed E-state index contributed by atoms with van der Waals surface area (Å²) in [7, 11) is -6.03. The molecule has 0 radical (unpaired) electrons. The maximum Gasteiger partial charge on any atom is 0.337 e. The largest absolute Gasteiger partial charge is 0.478 e.